The summed E-state index contributed by atoms with van der Waals surface area (Å²) in [6.45, 7) is 3.93. The topological polar surface area (TPSA) is 80.2 Å². The van der Waals surface area contributed by atoms with Gasteiger partial charge in [0, 0.05) is 24.4 Å². The molecule has 0 aromatic carbocycles. The summed E-state index contributed by atoms with van der Waals surface area (Å²) in [5, 5.41) is 5.99. The fourth-order valence-electron chi connectivity index (χ4n) is 4.00. The highest BCUT2D eigenvalue weighted by Gasteiger charge is 2.47. The number of fused-ring (bicyclic) bond motifs is 1. The van der Waals surface area contributed by atoms with E-state index in [0.717, 1.165) is 36.3 Å². The van der Waals surface area contributed by atoms with E-state index in [2.05, 4.69) is 20.3 Å². The molecule has 1 aliphatic heterocycles. The van der Waals surface area contributed by atoms with Crippen LogP contribution in [0.15, 0.2) is 11.6 Å². The van der Waals surface area contributed by atoms with Crippen molar-refractivity contribution in [2.24, 2.45) is 17.8 Å². The summed E-state index contributed by atoms with van der Waals surface area (Å²) in [7, 11) is 1.39. The first kappa shape index (κ1) is 18.1. The maximum atomic E-state index is 13.6. The molecule has 1 saturated carbocycles. The number of hydrogen-bond acceptors (Lipinski definition) is 7. The molecular weight excluding hydrogens is 369 g/mol. The van der Waals surface area contributed by atoms with Gasteiger partial charge < -0.3 is 15.0 Å². The van der Waals surface area contributed by atoms with Gasteiger partial charge in [-0.2, -0.15) is 9.37 Å². The van der Waals surface area contributed by atoms with Gasteiger partial charge in [0.1, 0.15) is 0 Å². The molecule has 3 heterocycles. The van der Waals surface area contributed by atoms with E-state index < -0.39 is 5.82 Å². The highest BCUT2D eigenvalue weighted by Crippen LogP contribution is 2.46. The van der Waals surface area contributed by atoms with Crippen LogP contribution in [0.1, 0.15) is 23.5 Å². The van der Waals surface area contributed by atoms with E-state index in [1.807, 2.05) is 17.2 Å². The predicted octanol–water partition coefficient (Wildman–Crippen LogP) is 2.17. The maximum Gasteiger partial charge on any atom is 0.255 e. The van der Waals surface area contributed by atoms with Crippen LogP contribution < -0.4 is 15.0 Å². The summed E-state index contributed by atoms with van der Waals surface area (Å²) in [6.07, 6.45) is 3.05. The molecule has 0 spiro atoms. The highest BCUT2D eigenvalue weighted by atomic mass is 32.1. The van der Waals surface area contributed by atoms with Gasteiger partial charge in [-0.1, -0.05) is 0 Å². The van der Waals surface area contributed by atoms with Gasteiger partial charge in [0.2, 0.25) is 17.7 Å². The van der Waals surface area contributed by atoms with E-state index in [1.54, 1.807) is 11.3 Å². The molecule has 1 N–H and O–H groups in total. The lowest BCUT2D eigenvalue weighted by molar-refractivity contribution is -0.134. The van der Waals surface area contributed by atoms with Gasteiger partial charge in [0.05, 0.1) is 30.6 Å². The van der Waals surface area contributed by atoms with Crippen LogP contribution in [0.25, 0.3) is 0 Å². The van der Waals surface area contributed by atoms with Gasteiger partial charge in [0.25, 0.3) is 5.88 Å². The minimum atomic E-state index is -0.575. The molecule has 2 aromatic rings. The van der Waals surface area contributed by atoms with Crippen LogP contribution in [0.4, 0.5) is 10.3 Å². The Morgan fingerprint density at radius 3 is 3.07 bits per heavy atom. The van der Waals surface area contributed by atoms with E-state index in [0.29, 0.717) is 25.0 Å². The normalized spacial score (nSPS) is 24.1. The van der Waals surface area contributed by atoms with Crippen LogP contribution in [0, 0.1) is 30.5 Å². The highest BCUT2D eigenvalue weighted by molar-refractivity contribution is 7.09. The lowest BCUT2D eigenvalue weighted by Gasteiger charge is -2.50. The van der Waals surface area contributed by atoms with Gasteiger partial charge in [-0.3, -0.25) is 4.79 Å². The number of amides is 1. The van der Waals surface area contributed by atoms with Crippen LogP contribution >= 0.6 is 11.3 Å². The van der Waals surface area contributed by atoms with Crippen LogP contribution in [0.2, 0.25) is 0 Å². The summed E-state index contributed by atoms with van der Waals surface area (Å²) in [4.78, 5) is 27.2. The van der Waals surface area contributed by atoms with E-state index in [4.69, 9.17) is 4.74 Å². The lowest BCUT2D eigenvalue weighted by atomic mass is 9.61. The van der Waals surface area contributed by atoms with Crippen molar-refractivity contribution in [2.45, 2.75) is 26.3 Å². The molecular formula is C18H22FN5O2S. The molecule has 2 fully saturated rings. The lowest BCUT2D eigenvalue weighted by Crippen LogP contribution is -2.55. The second-order valence-corrected chi connectivity index (χ2v) is 8.17. The summed E-state index contributed by atoms with van der Waals surface area (Å²) in [5.41, 5.74) is 0.902. The molecule has 1 aliphatic carbocycles. The Bertz CT molecular complexity index is 845. The Hall–Kier alpha value is -2.29. The fraction of sp³-hybridized carbons (Fsp3) is 0.556. The molecule has 0 unspecified atom stereocenters. The largest absolute Gasteiger partial charge is 0.479 e. The molecule has 0 radical (unpaired) electrons. The Kier molecular flexibility index (Phi) is 4.94. The Balaban J connectivity index is 1.38. The summed E-state index contributed by atoms with van der Waals surface area (Å²) in [6, 6.07) is 0. The van der Waals surface area contributed by atoms with Gasteiger partial charge in [-0.15, -0.1) is 11.3 Å². The monoisotopic (exact) mass is 391 g/mol. The first-order valence-electron chi connectivity index (χ1n) is 9.05. The van der Waals surface area contributed by atoms with Gasteiger partial charge >= 0.3 is 0 Å². The number of piperidine rings is 1. The number of nitrogens with one attached hydrogen (secondary N) is 1. The van der Waals surface area contributed by atoms with Crippen molar-refractivity contribution >= 4 is 23.2 Å². The minimum absolute atomic E-state index is 0.000114. The van der Waals surface area contributed by atoms with Crippen molar-refractivity contribution in [3.63, 3.8) is 0 Å². The number of nitrogens with zero attached hydrogens (tertiary/aromatic N) is 4. The number of halogens is 1. The number of carbonyl (C=O) groups is 1. The molecule has 2 aliphatic rings. The van der Waals surface area contributed by atoms with E-state index in [-0.39, 0.29) is 23.6 Å². The summed E-state index contributed by atoms with van der Waals surface area (Å²) >= 11 is 1.58. The number of aromatic nitrogens is 3. The number of aryl methyl sites for hydroxylation is 1. The van der Waals surface area contributed by atoms with Crippen LogP contribution in [0.5, 0.6) is 5.88 Å². The van der Waals surface area contributed by atoms with Crippen molar-refractivity contribution in [3.8, 4) is 5.88 Å². The first-order valence-corrected chi connectivity index (χ1v) is 9.93. The Labute approximate surface area is 161 Å². The molecule has 9 heteroatoms. The molecule has 144 valence electrons. The van der Waals surface area contributed by atoms with Gasteiger partial charge in [-0.05, 0) is 31.6 Å². The zero-order valence-electron chi connectivity index (χ0n) is 15.3. The molecule has 2 aromatic heterocycles. The molecule has 1 saturated heterocycles. The third kappa shape index (κ3) is 3.60. The fourth-order valence-corrected chi connectivity index (χ4v) is 4.62. The van der Waals surface area contributed by atoms with Gasteiger partial charge in [0.15, 0.2) is 0 Å². The number of thiazole rings is 1. The zero-order valence-corrected chi connectivity index (χ0v) is 16.1. The minimum Gasteiger partial charge on any atom is -0.479 e. The number of ether oxygens (including phenoxy) is 1. The second kappa shape index (κ2) is 7.38. The predicted molar refractivity (Wildman–Crippen MR) is 99.2 cm³/mol. The molecule has 1 amide bonds. The SMILES string of the molecule is COc1nc(N2CC[C@@H]3C[C@@H](C(=O)NCc4csc(C)n4)[C@@H]3C2)ncc1F. The molecule has 4 rings (SSSR count). The number of rotatable bonds is 5. The van der Waals surface area contributed by atoms with Crippen LogP contribution in [-0.2, 0) is 11.3 Å². The number of hydrogen-bond donors (Lipinski definition) is 1. The summed E-state index contributed by atoms with van der Waals surface area (Å²) < 4.78 is 18.5. The van der Waals surface area contributed by atoms with E-state index in [9.17, 15) is 9.18 Å². The number of carbonyl (C=O) groups excluding carboxylic acids is 1. The standard InChI is InChI=1S/C18H22FN5O2S/c1-10-22-12(9-27-10)6-20-16(25)13-5-11-3-4-24(8-14(11)13)18-21-7-15(19)17(23-18)26-2/h7,9,11,13-14H,3-6,8H2,1-2H3,(H,20,25)/t11-,13-,14-/m1/s1. The quantitative estimate of drug-likeness (QED) is 0.841. The molecule has 0 bridgehead atoms. The van der Waals surface area contributed by atoms with Crippen molar-refractivity contribution in [2.75, 3.05) is 25.1 Å². The smallest absolute Gasteiger partial charge is 0.255 e. The third-order valence-electron chi connectivity index (χ3n) is 5.50. The van der Waals surface area contributed by atoms with Crippen LogP contribution in [-0.4, -0.2) is 41.1 Å². The average molecular weight is 391 g/mol. The Morgan fingerprint density at radius 2 is 2.33 bits per heavy atom. The van der Waals surface area contributed by atoms with Crippen molar-refractivity contribution in [1.29, 1.82) is 0 Å². The van der Waals surface area contributed by atoms with E-state index >= 15 is 0 Å². The van der Waals surface area contributed by atoms with Crippen molar-refractivity contribution < 1.29 is 13.9 Å². The van der Waals surface area contributed by atoms with Crippen molar-refractivity contribution in [3.05, 3.63) is 28.1 Å². The van der Waals surface area contributed by atoms with E-state index in [1.165, 1.54) is 7.11 Å². The summed E-state index contributed by atoms with van der Waals surface area (Å²) in [5.74, 6) is 0.742. The molecule has 7 nitrogen and oxygen atoms in total. The first-order chi connectivity index (χ1) is 13.0. The second-order valence-electron chi connectivity index (χ2n) is 7.10. The number of methoxy groups -OCH3 is 1. The average Bonchev–Trinajstić information content (AvgIpc) is 3.07. The molecule has 3 atom stereocenters. The molecule has 27 heavy (non-hydrogen) atoms. The van der Waals surface area contributed by atoms with Crippen molar-refractivity contribution in [1.82, 2.24) is 20.3 Å². The maximum absolute atomic E-state index is 13.6. The zero-order chi connectivity index (χ0) is 19.0. The number of anilines is 1. The third-order valence-corrected chi connectivity index (χ3v) is 6.32. The Morgan fingerprint density at radius 1 is 1.48 bits per heavy atom. The van der Waals surface area contributed by atoms with Gasteiger partial charge in [-0.25, -0.2) is 9.97 Å². The van der Waals surface area contributed by atoms with Crippen LogP contribution in [0.3, 0.4) is 0 Å².